The fourth-order valence-corrected chi connectivity index (χ4v) is 2.20. The Morgan fingerprint density at radius 3 is 2.58 bits per heavy atom. The number of carbonyl (C=O) groups is 2. The van der Waals surface area contributed by atoms with Crippen molar-refractivity contribution in [3.05, 3.63) is 60.7 Å². The van der Waals surface area contributed by atoms with Gasteiger partial charge in [0, 0.05) is 6.08 Å². The quantitative estimate of drug-likeness (QED) is 0.411. The molecule has 0 aliphatic rings. The van der Waals surface area contributed by atoms with Crippen molar-refractivity contribution in [2.75, 3.05) is 13.2 Å². The summed E-state index contributed by atoms with van der Waals surface area (Å²) in [7, 11) is 0. The first kappa shape index (κ1) is 17.2. The molecule has 0 spiro atoms. The maximum Gasteiger partial charge on any atom is 0.338 e. The van der Waals surface area contributed by atoms with E-state index in [1.165, 1.54) is 16.9 Å². The molecule has 0 saturated heterocycles. The van der Waals surface area contributed by atoms with Crippen molar-refractivity contribution in [1.29, 1.82) is 0 Å². The summed E-state index contributed by atoms with van der Waals surface area (Å²) in [4.78, 5) is 24.3. The molecule has 0 fully saturated rings. The fourth-order valence-electron chi connectivity index (χ4n) is 2.20. The third-order valence-electron chi connectivity index (χ3n) is 3.44. The summed E-state index contributed by atoms with van der Waals surface area (Å²) >= 11 is 0. The van der Waals surface area contributed by atoms with Crippen LogP contribution in [0.4, 0.5) is 0 Å². The number of nitrogens with zero attached hydrogens (tertiary/aromatic N) is 3. The van der Waals surface area contributed by atoms with Crippen LogP contribution in [0.5, 0.6) is 5.75 Å². The van der Waals surface area contributed by atoms with Gasteiger partial charge in [-0.25, -0.2) is 9.59 Å². The molecule has 1 aromatic heterocycles. The molecular formula is C18H15N3O5. The number of aromatic hydroxyl groups is 1. The number of benzene rings is 2. The van der Waals surface area contributed by atoms with Crippen LogP contribution < -0.4 is 0 Å². The van der Waals surface area contributed by atoms with Crippen LogP contribution in [-0.2, 0) is 14.3 Å². The van der Waals surface area contributed by atoms with Gasteiger partial charge in [-0.3, -0.25) is 0 Å². The van der Waals surface area contributed by atoms with Crippen LogP contribution in [0.15, 0.2) is 55.1 Å². The smallest absolute Gasteiger partial charge is 0.338 e. The molecule has 0 bridgehead atoms. The first-order valence-corrected chi connectivity index (χ1v) is 7.70. The number of hydrogen-bond donors (Lipinski definition) is 1. The Morgan fingerprint density at radius 1 is 1.08 bits per heavy atom. The van der Waals surface area contributed by atoms with E-state index in [1.54, 1.807) is 30.3 Å². The van der Waals surface area contributed by atoms with Gasteiger partial charge < -0.3 is 14.6 Å². The van der Waals surface area contributed by atoms with Gasteiger partial charge in [-0.15, -0.1) is 15.0 Å². The van der Waals surface area contributed by atoms with E-state index in [1.807, 2.05) is 0 Å². The molecule has 0 aliphatic heterocycles. The van der Waals surface area contributed by atoms with Crippen LogP contribution in [0.3, 0.4) is 0 Å². The molecule has 3 aromatic rings. The van der Waals surface area contributed by atoms with Crippen molar-refractivity contribution >= 4 is 23.0 Å². The predicted octanol–water partition coefficient (Wildman–Crippen LogP) is 2.01. The molecule has 1 heterocycles. The summed E-state index contributed by atoms with van der Waals surface area (Å²) in [6.45, 7) is 3.15. The molecule has 132 valence electrons. The number of rotatable bonds is 6. The number of esters is 2. The molecule has 2 aromatic carbocycles. The number of phenolic OH excluding ortho intramolecular Hbond substituents is 1. The van der Waals surface area contributed by atoms with E-state index in [2.05, 4.69) is 16.8 Å². The van der Waals surface area contributed by atoms with E-state index >= 15 is 0 Å². The van der Waals surface area contributed by atoms with Crippen LogP contribution in [-0.4, -0.2) is 45.3 Å². The van der Waals surface area contributed by atoms with Gasteiger partial charge in [0.1, 0.15) is 35.7 Å². The highest BCUT2D eigenvalue weighted by Gasteiger charge is 2.12. The zero-order valence-electron chi connectivity index (χ0n) is 13.7. The second kappa shape index (κ2) is 7.47. The third kappa shape index (κ3) is 3.69. The number of carbonyl (C=O) groups excluding carboxylic acids is 2. The minimum Gasteiger partial charge on any atom is -0.506 e. The van der Waals surface area contributed by atoms with Gasteiger partial charge in [0.2, 0.25) is 0 Å². The van der Waals surface area contributed by atoms with Gasteiger partial charge in [0.05, 0.1) is 5.56 Å². The topological polar surface area (TPSA) is 104 Å². The summed E-state index contributed by atoms with van der Waals surface area (Å²) in [5, 5.41) is 18.4. The second-order valence-corrected chi connectivity index (χ2v) is 5.19. The maximum absolute atomic E-state index is 12.1. The van der Waals surface area contributed by atoms with Crippen molar-refractivity contribution in [3.63, 3.8) is 0 Å². The van der Waals surface area contributed by atoms with Crippen LogP contribution in [0, 0.1) is 0 Å². The molecular weight excluding hydrogens is 338 g/mol. The SMILES string of the molecule is C=CC(=O)OCCOC(=O)c1ccc2nn(-c3ccccc3O)nc2c1. The zero-order chi connectivity index (χ0) is 18.5. The molecule has 0 unspecified atom stereocenters. The van der Waals surface area contributed by atoms with Crippen molar-refractivity contribution in [1.82, 2.24) is 15.0 Å². The molecule has 3 rings (SSSR count). The molecule has 0 aliphatic carbocycles. The second-order valence-electron chi connectivity index (χ2n) is 5.19. The van der Waals surface area contributed by atoms with Crippen molar-refractivity contribution in [2.24, 2.45) is 0 Å². The number of ether oxygens (including phenoxy) is 2. The van der Waals surface area contributed by atoms with E-state index in [9.17, 15) is 14.7 Å². The van der Waals surface area contributed by atoms with E-state index in [4.69, 9.17) is 9.47 Å². The normalized spacial score (nSPS) is 10.5. The summed E-state index contributed by atoms with van der Waals surface area (Å²) in [6.07, 6.45) is 1.03. The Kier molecular flexibility index (Phi) is 4.93. The summed E-state index contributed by atoms with van der Waals surface area (Å²) in [5.41, 5.74) is 1.75. The monoisotopic (exact) mass is 353 g/mol. The van der Waals surface area contributed by atoms with Crippen LogP contribution in [0.25, 0.3) is 16.7 Å². The predicted molar refractivity (Wildman–Crippen MR) is 92.0 cm³/mol. The highest BCUT2D eigenvalue weighted by Crippen LogP contribution is 2.21. The summed E-state index contributed by atoms with van der Waals surface area (Å²) < 4.78 is 9.76. The van der Waals surface area contributed by atoms with E-state index in [0.29, 0.717) is 16.7 Å². The average molecular weight is 353 g/mol. The molecule has 0 saturated carbocycles. The minimum atomic E-state index is -0.580. The third-order valence-corrected chi connectivity index (χ3v) is 3.44. The van der Waals surface area contributed by atoms with E-state index in [-0.39, 0.29) is 24.5 Å². The standard InChI is InChI=1S/C18H15N3O5/c1-2-17(23)25-9-10-26-18(24)12-7-8-13-14(11-12)20-21(19-13)15-5-3-4-6-16(15)22/h2-8,11,22H,1,9-10H2. The Morgan fingerprint density at radius 2 is 1.81 bits per heavy atom. The van der Waals surface area contributed by atoms with Crippen molar-refractivity contribution in [2.45, 2.75) is 0 Å². The Labute approximate surface area is 148 Å². The molecule has 0 atom stereocenters. The maximum atomic E-state index is 12.1. The van der Waals surface area contributed by atoms with Gasteiger partial charge in [0.15, 0.2) is 0 Å². The van der Waals surface area contributed by atoms with E-state index in [0.717, 1.165) is 6.08 Å². The fraction of sp³-hybridized carbons (Fsp3) is 0.111. The first-order chi connectivity index (χ1) is 12.6. The molecule has 26 heavy (non-hydrogen) atoms. The summed E-state index contributed by atoms with van der Waals surface area (Å²) in [6, 6.07) is 11.4. The molecule has 1 N–H and O–H groups in total. The van der Waals surface area contributed by atoms with Gasteiger partial charge in [-0.1, -0.05) is 18.7 Å². The Hall–Kier alpha value is -3.68. The molecule has 0 amide bonds. The molecule has 8 nitrogen and oxygen atoms in total. The Balaban J connectivity index is 1.73. The lowest BCUT2D eigenvalue weighted by molar-refractivity contribution is -0.138. The van der Waals surface area contributed by atoms with Gasteiger partial charge in [-0.05, 0) is 30.3 Å². The first-order valence-electron chi connectivity index (χ1n) is 7.70. The van der Waals surface area contributed by atoms with Crippen LogP contribution in [0.2, 0.25) is 0 Å². The lowest BCUT2D eigenvalue weighted by atomic mass is 10.2. The molecule has 0 radical (unpaired) electrons. The Bertz CT molecular complexity index is 980. The lowest BCUT2D eigenvalue weighted by Gasteiger charge is -2.04. The van der Waals surface area contributed by atoms with Crippen molar-refractivity contribution < 1.29 is 24.2 Å². The molecule has 8 heteroatoms. The average Bonchev–Trinajstić information content (AvgIpc) is 3.08. The zero-order valence-corrected chi connectivity index (χ0v) is 13.7. The number of aromatic nitrogens is 3. The largest absolute Gasteiger partial charge is 0.506 e. The minimum absolute atomic E-state index is 0.0431. The van der Waals surface area contributed by atoms with Gasteiger partial charge >= 0.3 is 11.9 Å². The number of para-hydroxylation sites is 2. The van der Waals surface area contributed by atoms with Crippen LogP contribution in [0.1, 0.15) is 10.4 Å². The van der Waals surface area contributed by atoms with Crippen molar-refractivity contribution in [3.8, 4) is 11.4 Å². The number of fused-ring (bicyclic) bond motifs is 1. The number of phenols is 1. The highest BCUT2D eigenvalue weighted by molar-refractivity contribution is 5.93. The van der Waals surface area contributed by atoms with Gasteiger partial charge in [-0.2, -0.15) is 0 Å². The summed E-state index contributed by atoms with van der Waals surface area (Å²) in [5.74, 6) is -1.11. The highest BCUT2D eigenvalue weighted by atomic mass is 16.6. The van der Waals surface area contributed by atoms with Crippen LogP contribution >= 0.6 is 0 Å². The lowest BCUT2D eigenvalue weighted by Crippen LogP contribution is -2.12. The number of hydrogen-bond acceptors (Lipinski definition) is 7. The van der Waals surface area contributed by atoms with E-state index < -0.39 is 11.9 Å². The van der Waals surface area contributed by atoms with Gasteiger partial charge in [0.25, 0.3) is 0 Å².